The lowest BCUT2D eigenvalue weighted by atomic mass is 9.41. The van der Waals surface area contributed by atoms with E-state index in [2.05, 4.69) is 34.6 Å². The quantitative estimate of drug-likeness (QED) is 0.460. The van der Waals surface area contributed by atoms with Crippen LogP contribution in [0.4, 0.5) is 0 Å². The molecule has 1 saturated heterocycles. The van der Waals surface area contributed by atoms with E-state index in [1.165, 1.54) is 6.42 Å². The molecule has 5 aliphatic carbocycles. The number of rotatable bonds is 2. The average Bonchev–Trinajstić information content (AvgIpc) is 3.08. The van der Waals surface area contributed by atoms with Crippen LogP contribution in [-0.4, -0.2) is 56.0 Å². The Bertz CT molecular complexity index is 911. The Morgan fingerprint density at radius 3 is 2.09 bits per heavy atom. The summed E-state index contributed by atoms with van der Waals surface area (Å²) in [4.78, 5) is 0. The minimum Gasteiger partial charge on any atom is -0.393 e. The first-order valence-electron chi connectivity index (χ1n) is 14.4. The van der Waals surface area contributed by atoms with Gasteiger partial charge in [0.05, 0.1) is 35.6 Å². The van der Waals surface area contributed by atoms with E-state index >= 15 is 0 Å². The Hall–Kier alpha value is -0.200. The van der Waals surface area contributed by atoms with Gasteiger partial charge in [-0.25, -0.2) is 0 Å². The van der Waals surface area contributed by atoms with Gasteiger partial charge >= 0.3 is 0 Å². The van der Waals surface area contributed by atoms with Crippen LogP contribution in [0.15, 0.2) is 0 Å². The van der Waals surface area contributed by atoms with Gasteiger partial charge in [0.15, 0.2) is 0 Å². The van der Waals surface area contributed by atoms with E-state index in [4.69, 9.17) is 4.74 Å². The molecule has 6 aliphatic rings. The first-order valence-corrected chi connectivity index (χ1v) is 14.4. The number of ether oxygens (including phenoxy) is 1. The van der Waals surface area contributed by atoms with Gasteiger partial charge in [-0.05, 0) is 117 Å². The molecule has 0 radical (unpaired) electrons. The molecule has 12 atom stereocenters. The summed E-state index contributed by atoms with van der Waals surface area (Å²) < 4.78 is 6.66. The Kier molecular flexibility index (Phi) is 4.92. The number of hydrogen-bond acceptors (Lipinski definition) is 5. The number of fused-ring (bicyclic) bond motifs is 2. The van der Waals surface area contributed by atoms with Gasteiger partial charge in [0, 0.05) is 5.92 Å². The second-order valence-corrected chi connectivity index (χ2v) is 15.9. The molecule has 2 spiro atoms. The third kappa shape index (κ3) is 2.78. The zero-order valence-electron chi connectivity index (χ0n) is 23.1. The second-order valence-electron chi connectivity index (χ2n) is 15.9. The topological polar surface area (TPSA) is 90.2 Å². The first kappa shape index (κ1) is 25.1. The van der Waals surface area contributed by atoms with Crippen LogP contribution >= 0.6 is 0 Å². The monoisotopic (exact) mass is 490 g/mol. The molecule has 0 aromatic carbocycles. The maximum Gasteiger partial charge on any atom is 0.0865 e. The number of hydrogen-bond donors (Lipinski definition) is 4. The molecule has 1 heterocycles. The van der Waals surface area contributed by atoms with E-state index in [1.54, 1.807) is 0 Å². The molecule has 5 saturated carbocycles. The highest BCUT2D eigenvalue weighted by atomic mass is 16.5. The van der Waals surface area contributed by atoms with Crippen molar-refractivity contribution in [1.29, 1.82) is 0 Å². The van der Waals surface area contributed by atoms with Crippen LogP contribution in [0.1, 0.15) is 106 Å². The molecule has 0 aromatic rings. The standard InChI is InChI=1S/C30H50O5/c1-24(2)20(33)8-11-30-16-29(30)13-12-26(5)23(28(7)10-9-21(35-28)25(3,4)34)18(32)15-27(26,6)19(29)14-17(31)22(24)30/h17-23,31-34H,8-16H2,1-7H3/t17-,18-,19-,20-,21+,22+,23-,26+,27-,28-,29+,30+/m0/s1. The van der Waals surface area contributed by atoms with Crippen LogP contribution < -0.4 is 0 Å². The van der Waals surface area contributed by atoms with E-state index in [9.17, 15) is 20.4 Å². The zero-order chi connectivity index (χ0) is 25.6. The van der Waals surface area contributed by atoms with E-state index in [-0.39, 0.29) is 51.1 Å². The largest absolute Gasteiger partial charge is 0.393 e. The van der Waals surface area contributed by atoms with E-state index in [0.717, 1.165) is 51.4 Å². The van der Waals surface area contributed by atoms with Crippen LogP contribution in [0.25, 0.3) is 0 Å². The Morgan fingerprint density at radius 1 is 0.771 bits per heavy atom. The smallest absolute Gasteiger partial charge is 0.0865 e. The van der Waals surface area contributed by atoms with Crippen LogP contribution in [0, 0.1) is 44.8 Å². The Balaban J connectivity index is 1.37. The average molecular weight is 491 g/mol. The number of aliphatic hydroxyl groups is 4. The fraction of sp³-hybridized carbons (Fsp3) is 1.00. The predicted molar refractivity (Wildman–Crippen MR) is 134 cm³/mol. The van der Waals surface area contributed by atoms with Crippen LogP contribution in [0.3, 0.4) is 0 Å². The minimum atomic E-state index is -0.886. The summed E-state index contributed by atoms with van der Waals surface area (Å²) in [6.45, 7) is 15.0. The molecule has 1 aliphatic heterocycles. The van der Waals surface area contributed by atoms with Gasteiger partial charge in [0.25, 0.3) is 0 Å². The van der Waals surface area contributed by atoms with Crippen LogP contribution in [0.5, 0.6) is 0 Å². The normalized spacial score (nSPS) is 60.9. The van der Waals surface area contributed by atoms with Crippen molar-refractivity contribution in [3.05, 3.63) is 0 Å². The lowest BCUT2D eigenvalue weighted by molar-refractivity contribution is -0.213. The molecule has 35 heavy (non-hydrogen) atoms. The maximum absolute atomic E-state index is 11.7. The predicted octanol–water partition coefficient (Wildman–Crippen LogP) is 4.44. The van der Waals surface area contributed by atoms with Crippen molar-refractivity contribution < 1.29 is 25.2 Å². The van der Waals surface area contributed by atoms with Crippen molar-refractivity contribution in [2.75, 3.05) is 0 Å². The van der Waals surface area contributed by atoms with Crippen LogP contribution in [0.2, 0.25) is 0 Å². The van der Waals surface area contributed by atoms with Crippen molar-refractivity contribution in [2.45, 2.75) is 142 Å². The van der Waals surface area contributed by atoms with Gasteiger partial charge in [0.2, 0.25) is 0 Å². The minimum absolute atomic E-state index is 0.0267. The second kappa shape index (κ2) is 6.86. The third-order valence-electron chi connectivity index (χ3n) is 13.8. The summed E-state index contributed by atoms with van der Waals surface area (Å²) in [7, 11) is 0. The van der Waals surface area contributed by atoms with Gasteiger partial charge in [-0.3, -0.25) is 0 Å². The highest BCUT2D eigenvalue weighted by Gasteiger charge is 2.84. The summed E-state index contributed by atoms with van der Waals surface area (Å²) in [5.41, 5.74) is -1.35. The SMILES string of the molecule is CC(C)(O)[C@H]1CC[C@@](C)([C@H]2[C@@H](O)C[C@@]3(C)[C@@H]4C[C@H](O)[C@@H]5C(C)(C)[C@@H](O)CC[C@@]56C[C@]46CC[C@]23C)O1. The molecular formula is C30H50O5. The van der Waals surface area contributed by atoms with Crippen molar-refractivity contribution in [2.24, 2.45) is 44.8 Å². The Labute approximate surface area is 212 Å². The molecule has 5 nitrogen and oxygen atoms in total. The summed E-state index contributed by atoms with van der Waals surface area (Å²) in [6.07, 6.45) is 7.18. The zero-order valence-corrected chi connectivity index (χ0v) is 23.1. The van der Waals surface area contributed by atoms with Crippen LogP contribution in [-0.2, 0) is 4.74 Å². The first-order chi connectivity index (χ1) is 16.0. The highest BCUT2D eigenvalue weighted by molar-refractivity contribution is 5.33. The fourth-order valence-electron chi connectivity index (χ4n) is 12.1. The lowest BCUT2D eigenvalue weighted by Gasteiger charge is -2.64. The van der Waals surface area contributed by atoms with E-state index < -0.39 is 23.4 Å². The van der Waals surface area contributed by atoms with Crippen molar-refractivity contribution in [3.63, 3.8) is 0 Å². The van der Waals surface area contributed by atoms with Gasteiger partial charge in [-0.2, -0.15) is 0 Å². The summed E-state index contributed by atoms with van der Waals surface area (Å²) in [6, 6.07) is 0. The molecule has 6 fully saturated rings. The Morgan fingerprint density at radius 2 is 1.46 bits per heavy atom. The van der Waals surface area contributed by atoms with Gasteiger partial charge in [0.1, 0.15) is 0 Å². The van der Waals surface area contributed by atoms with Crippen molar-refractivity contribution in [3.8, 4) is 0 Å². The van der Waals surface area contributed by atoms with E-state index in [0.29, 0.717) is 5.92 Å². The van der Waals surface area contributed by atoms with Gasteiger partial charge < -0.3 is 25.2 Å². The van der Waals surface area contributed by atoms with Crippen molar-refractivity contribution >= 4 is 0 Å². The summed E-state index contributed by atoms with van der Waals surface area (Å²) in [5, 5.41) is 45.0. The molecule has 5 heteroatoms. The highest BCUT2D eigenvalue weighted by Crippen LogP contribution is 2.89. The van der Waals surface area contributed by atoms with Crippen molar-refractivity contribution in [1.82, 2.24) is 0 Å². The molecule has 200 valence electrons. The van der Waals surface area contributed by atoms with Gasteiger partial charge in [-0.1, -0.05) is 27.7 Å². The van der Waals surface area contributed by atoms with E-state index in [1.807, 2.05) is 13.8 Å². The lowest BCUT2D eigenvalue weighted by Crippen LogP contribution is -2.62. The summed E-state index contributed by atoms with van der Waals surface area (Å²) in [5.74, 6) is 0.577. The number of aliphatic hydroxyl groups excluding tert-OH is 3. The molecular weight excluding hydrogens is 440 g/mol. The molecule has 0 unspecified atom stereocenters. The summed E-state index contributed by atoms with van der Waals surface area (Å²) >= 11 is 0. The maximum atomic E-state index is 11.7. The molecule has 0 bridgehead atoms. The molecule has 6 rings (SSSR count). The fourth-order valence-corrected chi connectivity index (χ4v) is 12.1. The molecule has 0 amide bonds. The van der Waals surface area contributed by atoms with Gasteiger partial charge in [-0.15, -0.1) is 0 Å². The third-order valence-corrected chi connectivity index (χ3v) is 13.8. The molecule has 4 N–H and O–H groups in total. The molecule has 0 aromatic heterocycles.